The average molecular weight is 460 g/mol. The van der Waals surface area contributed by atoms with Crippen molar-refractivity contribution in [3.05, 3.63) is 83.4 Å². The monoisotopic (exact) mass is 459 g/mol. The van der Waals surface area contributed by atoms with Crippen LogP contribution in [0.15, 0.2) is 71.6 Å². The van der Waals surface area contributed by atoms with Crippen molar-refractivity contribution in [2.24, 2.45) is 5.92 Å². The van der Waals surface area contributed by atoms with Crippen LogP contribution in [-0.4, -0.2) is 37.0 Å². The normalized spacial score (nSPS) is 22.2. The van der Waals surface area contributed by atoms with Crippen LogP contribution in [0.2, 0.25) is 0 Å². The van der Waals surface area contributed by atoms with Crippen LogP contribution in [0.3, 0.4) is 0 Å². The van der Waals surface area contributed by atoms with Crippen molar-refractivity contribution in [3.8, 4) is 17.2 Å². The van der Waals surface area contributed by atoms with E-state index in [4.69, 9.17) is 0 Å². The molecule has 5 rings (SSSR count). The minimum absolute atomic E-state index is 0.0398. The fourth-order valence-corrected chi connectivity index (χ4v) is 7.10. The van der Waals surface area contributed by atoms with Crippen LogP contribution in [0.1, 0.15) is 29.2 Å². The standard InChI is InChI=1S/C26H25N3O3S/c1-17-5-2-3-8-25(17)33(31,32)29-12-11-21-24(16-30)28-23-10-9-20(14-22(23)26(21)29)19-7-4-6-18(13-19)15-27/h2-10,13-14,21,24,26,28,30H,11-12,16H2,1H3/t21-,24+,26-/m0/s1. The van der Waals surface area contributed by atoms with Crippen molar-refractivity contribution >= 4 is 15.7 Å². The van der Waals surface area contributed by atoms with Crippen LogP contribution in [0, 0.1) is 24.2 Å². The number of sulfonamides is 1. The molecule has 3 aromatic carbocycles. The van der Waals surface area contributed by atoms with Gasteiger partial charge in [0.15, 0.2) is 0 Å². The number of rotatable bonds is 4. The summed E-state index contributed by atoms with van der Waals surface area (Å²) in [6, 6.07) is 22.0. The number of aliphatic hydroxyl groups excluding tert-OH is 1. The smallest absolute Gasteiger partial charge is 0.243 e. The van der Waals surface area contributed by atoms with E-state index in [1.807, 2.05) is 55.5 Å². The molecule has 2 aliphatic rings. The molecule has 0 radical (unpaired) electrons. The predicted molar refractivity (Wildman–Crippen MR) is 127 cm³/mol. The summed E-state index contributed by atoms with van der Waals surface area (Å²) in [7, 11) is -3.72. The molecule has 0 aliphatic carbocycles. The molecule has 2 heterocycles. The Morgan fingerprint density at radius 1 is 1.09 bits per heavy atom. The van der Waals surface area contributed by atoms with Gasteiger partial charge in [-0.05, 0) is 65.9 Å². The third kappa shape index (κ3) is 3.61. The van der Waals surface area contributed by atoms with Gasteiger partial charge in [0.2, 0.25) is 10.0 Å². The van der Waals surface area contributed by atoms with Crippen LogP contribution < -0.4 is 5.32 Å². The lowest BCUT2D eigenvalue weighted by molar-refractivity contribution is 0.210. The molecule has 33 heavy (non-hydrogen) atoms. The highest BCUT2D eigenvalue weighted by Gasteiger charge is 2.48. The summed E-state index contributed by atoms with van der Waals surface area (Å²) in [5.41, 5.74) is 4.86. The highest BCUT2D eigenvalue weighted by atomic mass is 32.2. The van der Waals surface area contributed by atoms with Crippen molar-refractivity contribution in [1.82, 2.24) is 4.31 Å². The second-order valence-electron chi connectivity index (χ2n) is 8.71. The Kier molecular flexibility index (Phi) is 5.45. The van der Waals surface area contributed by atoms with E-state index in [1.54, 1.807) is 22.5 Å². The summed E-state index contributed by atoms with van der Waals surface area (Å²) < 4.78 is 29.1. The lowest BCUT2D eigenvalue weighted by Gasteiger charge is -2.39. The first-order chi connectivity index (χ1) is 15.9. The summed E-state index contributed by atoms with van der Waals surface area (Å²) in [4.78, 5) is 0.323. The number of fused-ring (bicyclic) bond motifs is 3. The number of nitriles is 1. The van der Waals surface area contributed by atoms with Crippen molar-refractivity contribution in [2.75, 3.05) is 18.5 Å². The van der Waals surface area contributed by atoms with E-state index in [0.717, 1.165) is 27.9 Å². The fourth-order valence-electron chi connectivity index (χ4n) is 5.21. The largest absolute Gasteiger partial charge is 0.394 e. The number of anilines is 1. The van der Waals surface area contributed by atoms with Gasteiger partial charge in [0.05, 0.1) is 35.2 Å². The Hall–Kier alpha value is -3.18. The van der Waals surface area contributed by atoms with Crippen molar-refractivity contribution < 1.29 is 13.5 Å². The third-order valence-electron chi connectivity index (χ3n) is 6.83. The van der Waals surface area contributed by atoms with Crippen molar-refractivity contribution in [1.29, 1.82) is 5.26 Å². The lowest BCUT2D eigenvalue weighted by Crippen LogP contribution is -2.42. The molecule has 0 aromatic heterocycles. The number of aliphatic hydroxyl groups is 1. The highest BCUT2D eigenvalue weighted by Crippen LogP contribution is 2.49. The molecule has 0 unspecified atom stereocenters. The number of nitrogens with one attached hydrogen (secondary N) is 1. The van der Waals surface area contributed by atoms with Gasteiger partial charge in [-0.15, -0.1) is 0 Å². The molecule has 2 N–H and O–H groups in total. The van der Waals surface area contributed by atoms with Gasteiger partial charge in [0.25, 0.3) is 0 Å². The van der Waals surface area contributed by atoms with Gasteiger partial charge in [-0.1, -0.05) is 36.4 Å². The fraction of sp³-hybridized carbons (Fsp3) is 0.269. The first kappa shape index (κ1) is 21.7. The Morgan fingerprint density at radius 2 is 1.88 bits per heavy atom. The molecule has 0 spiro atoms. The molecule has 7 heteroatoms. The Labute approximate surface area is 194 Å². The van der Waals surface area contributed by atoms with E-state index >= 15 is 0 Å². The molecule has 2 aliphatic heterocycles. The topological polar surface area (TPSA) is 93.4 Å². The minimum atomic E-state index is -3.72. The maximum absolute atomic E-state index is 13.8. The quantitative estimate of drug-likeness (QED) is 0.613. The molecule has 0 saturated carbocycles. The number of nitrogens with zero attached hydrogens (tertiary/aromatic N) is 2. The highest BCUT2D eigenvalue weighted by molar-refractivity contribution is 7.89. The summed E-state index contributed by atoms with van der Waals surface area (Å²) in [6.45, 7) is 2.15. The van der Waals surface area contributed by atoms with Crippen LogP contribution in [0.5, 0.6) is 0 Å². The first-order valence-corrected chi connectivity index (χ1v) is 12.5. The first-order valence-electron chi connectivity index (χ1n) is 11.0. The van der Waals surface area contributed by atoms with Gasteiger partial charge in [-0.3, -0.25) is 0 Å². The van der Waals surface area contributed by atoms with E-state index in [0.29, 0.717) is 23.4 Å². The van der Waals surface area contributed by atoms with Gasteiger partial charge in [-0.25, -0.2) is 8.42 Å². The van der Waals surface area contributed by atoms with Gasteiger partial charge in [0.1, 0.15) is 0 Å². The zero-order valence-electron chi connectivity index (χ0n) is 18.3. The van der Waals surface area contributed by atoms with Crippen LogP contribution >= 0.6 is 0 Å². The molecule has 3 aromatic rings. The molecule has 1 saturated heterocycles. The predicted octanol–water partition coefficient (Wildman–Crippen LogP) is 4.07. The maximum Gasteiger partial charge on any atom is 0.243 e. The number of aryl methyl sites for hydroxylation is 1. The second-order valence-corrected chi connectivity index (χ2v) is 10.6. The molecular formula is C26H25N3O3S. The van der Waals surface area contributed by atoms with Crippen LogP contribution in [0.25, 0.3) is 11.1 Å². The SMILES string of the molecule is Cc1ccccc1S(=O)(=O)N1CC[C@@H]2[C@H]1c1cc(-c3cccc(C#N)c3)ccc1N[C@@H]2CO. The third-order valence-corrected chi connectivity index (χ3v) is 8.87. The molecule has 6 nitrogen and oxygen atoms in total. The van der Waals surface area contributed by atoms with Crippen molar-refractivity contribution in [3.63, 3.8) is 0 Å². The van der Waals surface area contributed by atoms with Gasteiger partial charge in [0, 0.05) is 18.2 Å². The van der Waals surface area contributed by atoms with Gasteiger partial charge < -0.3 is 10.4 Å². The summed E-state index contributed by atoms with van der Waals surface area (Å²) in [5, 5.41) is 22.7. The minimum Gasteiger partial charge on any atom is -0.394 e. The average Bonchev–Trinajstić information content (AvgIpc) is 3.30. The lowest BCUT2D eigenvalue weighted by atomic mass is 9.82. The zero-order chi connectivity index (χ0) is 23.2. The second kappa shape index (κ2) is 8.31. The molecule has 0 bridgehead atoms. The Bertz CT molecular complexity index is 1360. The summed E-state index contributed by atoms with van der Waals surface area (Å²) >= 11 is 0. The van der Waals surface area contributed by atoms with E-state index in [9.17, 15) is 18.8 Å². The van der Waals surface area contributed by atoms with E-state index < -0.39 is 10.0 Å². The maximum atomic E-state index is 13.8. The molecule has 168 valence electrons. The number of benzene rings is 3. The molecule has 3 atom stereocenters. The van der Waals surface area contributed by atoms with Gasteiger partial charge >= 0.3 is 0 Å². The number of hydrogen-bond acceptors (Lipinski definition) is 5. The summed E-state index contributed by atoms with van der Waals surface area (Å²) in [6.07, 6.45) is 0.668. The number of hydrogen-bond donors (Lipinski definition) is 2. The Balaban J connectivity index is 1.63. The van der Waals surface area contributed by atoms with Crippen LogP contribution in [-0.2, 0) is 10.0 Å². The Morgan fingerprint density at radius 3 is 2.64 bits per heavy atom. The molecule has 1 fully saturated rings. The zero-order valence-corrected chi connectivity index (χ0v) is 19.1. The van der Waals surface area contributed by atoms with E-state index in [1.165, 1.54) is 0 Å². The molecular weight excluding hydrogens is 434 g/mol. The van der Waals surface area contributed by atoms with E-state index in [-0.39, 0.29) is 24.6 Å². The van der Waals surface area contributed by atoms with Crippen molar-refractivity contribution in [2.45, 2.75) is 30.3 Å². The van der Waals surface area contributed by atoms with E-state index in [2.05, 4.69) is 11.4 Å². The summed E-state index contributed by atoms with van der Waals surface area (Å²) in [5.74, 6) is -0.0398. The molecule has 0 amide bonds. The van der Waals surface area contributed by atoms with Crippen LogP contribution in [0.4, 0.5) is 5.69 Å². The van der Waals surface area contributed by atoms with Gasteiger partial charge in [-0.2, -0.15) is 9.57 Å².